The maximum absolute atomic E-state index is 5.45. The summed E-state index contributed by atoms with van der Waals surface area (Å²) in [5.41, 5.74) is 0. The van der Waals surface area contributed by atoms with Crippen LogP contribution in [0.25, 0.3) is 0 Å². The minimum atomic E-state index is 0.782. The Labute approximate surface area is 117 Å². The average Bonchev–Trinajstić information content (AvgIpc) is 3.16. The Morgan fingerprint density at radius 3 is 2.68 bits per heavy atom. The van der Waals surface area contributed by atoms with Gasteiger partial charge in [-0.15, -0.1) is 0 Å². The van der Waals surface area contributed by atoms with Crippen LogP contribution in [-0.4, -0.2) is 74.4 Å². The van der Waals surface area contributed by atoms with E-state index < -0.39 is 0 Å². The van der Waals surface area contributed by atoms with Gasteiger partial charge >= 0.3 is 0 Å². The van der Waals surface area contributed by atoms with E-state index >= 15 is 0 Å². The van der Waals surface area contributed by atoms with Gasteiger partial charge in [0.15, 0.2) is 0 Å². The maximum atomic E-state index is 5.45. The van der Waals surface area contributed by atoms with Crippen LogP contribution >= 0.6 is 0 Å². The third kappa shape index (κ3) is 4.15. The first kappa shape index (κ1) is 13.8. The van der Waals surface area contributed by atoms with Gasteiger partial charge in [-0.05, 0) is 38.3 Å². The summed E-state index contributed by atoms with van der Waals surface area (Å²) in [6.45, 7) is 11.5. The summed E-state index contributed by atoms with van der Waals surface area (Å²) < 4.78 is 5.45. The van der Waals surface area contributed by atoms with Crippen LogP contribution in [0.2, 0.25) is 0 Å². The Kier molecular flexibility index (Phi) is 4.74. The molecule has 19 heavy (non-hydrogen) atoms. The van der Waals surface area contributed by atoms with Crippen molar-refractivity contribution < 1.29 is 4.74 Å². The van der Waals surface area contributed by atoms with Crippen LogP contribution in [0, 0.1) is 5.92 Å². The minimum absolute atomic E-state index is 0.782. The van der Waals surface area contributed by atoms with Gasteiger partial charge in [-0.25, -0.2) is 0 Å². The van der Waals surface area contributed by atoms with Crippen molar-refractivity contribution in [2.45, 2.75) is 38.3 Å². The number of ether oxygens (including phenoxy) is 1. The van der Waals surface area contributed by atoms with Crippen molar-refractivity contribution in [3.63, 3.8) is 0 Å². The number of hydrogen-bond acceptors (Lipinski definition) is 4. The molecule has 0 spiro atoms. The highest BCUT2D eigenvalue weighted by atomic mass is 16.5. The lowest BCUT2D eigenvalue weighted by molar-refractivity contribution is 0.0183. The van der Waals surface area contributed by atoms with Crippen LogP contribution in [0.15, 0.2) is 0 Å². The van der Waals surface area contributed by atoms with Gasteiger partial charge in [0.05, 0.1) is 13.2 Å². The second-order valence-electron chi connectivity index (χ2n) is 6.64. The van der Waals surface area contributed by atoms with E-state index in [4.69, 9.17) is 4.74 Å². The number of rotatable bonds is 6. The fourth-order valence-electron chi connectivity index (χ4n) is 3.38. The molecule has 0 aromatic heterocycles. The molecule has 1 N–H and O–H groups in total. The van der Waals surface area contributed by atoms with Crippen molar-refractivity contribution in [2.24, 2.45) is 5.92 Å². The Morgan fingerprint density at radius 1 is 1.16 bits per heavy atom. The van der Waals surface area contributed by atoms with Crippen molar-refractivity contribution in [1.82, 2.24) is 15.1 Å². The van der Waals surface area contributed by atoms with Crippen LogP contribution in [0.1, 0.15) is 26.2 Å². The molecule has 1 aliphatic carbocycles. The number of likely N-dealkylation sites (tertiary alicyclic amines) is 1. The Hall–Kier alpha value is -0.160. The average molecular weight is 267 g/mol. The molecule has 110 valence electrons. The second-order valence-corrected chi connectivity index (χ2v) is 6.64. The lowest BCUT2D eigenvalue weighted by atomic mass is 10.1. The minimum Gasteiger partial charge on any atom is -0.379 e. The van der Waals surface area contributed by atoms with Gasteiger partial charge in [0.2, 0.25) is 0 Å². The number of nitrogens with one attached hydrogen (secondary N) is 1. The molecule has 1 saturated carbocycles. The SMILES string of the molecule is CC(CNC1CC1)CN1CCC(N2CCOCC2)C1. The van der Waals surface area contributed by atoms with Crippen LogP contribution in [-0.2, 0) is 4.74 Å². The van der Waals surface area contributed by atoms with Crippen LogP contribution in [0.3, 0.4) is 0 Å². The van der Waals surface area contributed by atoms with E-state index in [2.05, 4.69) is 22.0 Å². The summed E-state index contributed by atoms with van der Waals surface area (Å²) >= 11 is 0. The van der Waals surface area contributed by atoms with Gasteiger partial charge in [0.25, 0.3) is 0 Å². The molecule has 0 aromatic carbocycles. The van der Waals surface area contributed by atoms with E-state index in [1.165, 1.54) is 45.4 Å². The van der Waals surface area contributed by atoms with Crippen molar-refractivity contribution in [3.05, 3.63) is 0 Å². The highest BCUT2D eigenvalue weighted by Crippen LogP contribution is 2.20. The van der Waals surface area contributed by atoms with Gasteiger partial charge in [-0.3, -0.25) is 4.90 Å². The molecule has 3 fully saturated rings. The standard InChI is InChI=1S/C15H29N3O/c1-13(10-16-14-2-3-14)11-17-5-4-15(12-17)18-6-8-19-9-7-18/h13-16H,2-12H2,1H3. The molecule has 2 heterocycles. The molecule has 0 bridgehead atoms. The third-order valence-corrected chi connectivity index (χ3v) is 4.71. The van der Waals surface area contributed by atoms with Crippen molar-refractivity contribution in [2.75, 3.05) is 52.5 Å². The summed E-state index contributed by atoms with van der Waals surface area (Å²) in [5.74, 6) is 0.782. The number of hydrogen-bond donors (Lipinski definition) is 1. The maximum Gasteiger partial charge on any atom is 0.0594 e. The number of nitrogens with zero attached hydrogens (tertiary/aromatic N) is 2. The summed E-state index contributed by atoms with van der Waals surface area (Å²) in [7, 11) is 0. The number of morpholine rings is 1. The van der Waals surface area contributed by atoms with E-state index in [0.29, 0.717) is 0 Å². The van der Waals surface area contributed by atoms with E-state index in [9.17, 15) is 0 Å². The Bertz CT molecular complexity index is 277. The molecule has 0 aromatic rings. The first-order chi connectivity index (χ1) is 9.31. The molecule has 2 aliphatic heterocycles. The van der Waals surface area contributed by atoms with Gasteiger partial charge in [0.1, 0.15) is 0 Å². The third-order valence-electron chi connectivity index (χ3n) is 4.71. The second kappa shape index (κ2) is 6.53. The summed E-state index contributed by atoms with van der Waals surface area (Å²) in [6, 6.07) is 1.63. The fourth-order valence-corrected chi connectivity index (χ4v) is 3.38. The van der Waals surface area contributed by atoms with E-state index in [0.717, 1.165) is 44.3 Å². The molecule has 2 atom stereocenters. The molecule has 2 saturated heterocycles. The molecule has 2 unspecified atom stereocenters. The van der Waals surface area contributed by atoms with Crippen LogP contribution in [0.5, 0.6) is 0 Å². The first-order valence-electron chi connectivity index (χ1n) is 8.09. The molecule has 3 aliphatic rings. The van der Waals surface area contributed by atoms with E-state index in [-0.39, 0.29) is 0 Å². The fraction of sp³-hybridized carbons (Fsp3) is 1.00. The zero-order chi connectivity index (χ0) is 13.1. The van der Waals surface area contributed by atoms with Crippen LogP contribution in [0.4, 0.5) is 0 Å². The predicted molar refractivity (Wildman–Crippen MR) is 77.4 cm³/mol. The molecule has 4 heteroatoms. The Balaban J connectivity index is 1.35. The van der Waals surface area contributed by atoms with Gasteiger partial charge < -0.3 is 15.0 Å². The topological polar surface area (TPSA) is 27.7 Å². The van der Waals surface area contributed by atoms with E-state index in [1.54, 1.807) is 0 Å². The quantitative estimate of drug-likeness (QED) is 0.770. The smallest absolute Gasteiger partial charge is 0.0594 e. The zero-order valence-corrected chi connectivity index (χ0v) is 12.3. The van der Waals surface area contributed by atoms with Gasteiger partial charge in [-0.1, -0.05) is 6.92 Å². The molecule has 4 nitrogen and oxygen atoms in total. The highest BCUT2D eigenvalue weighted by Gasteiger charge is 2.29. The summed E-state index contributed by atoms with van der Waals surface area (Å²) in [6.07, 6.45) is 4.15. The predicted octanol–water partition coefficient (Wildman–Crippen LogP) is 0.781. The Morgan fingerprint density at radius 2 is 1.95 bits per heavy atom. The lowest BCUT2D eigenvalue weighted by Crippen LogP contribution is -2.45. The zero-order valence-electron chi connectivity index (χ0n) is 12.3. The van der Waals surface area contributed by atoms with Gasteiger partial charge in [0, 0.05) is 38.3 Å². The van der Waals surface area contributed by atoms with E-state index in [1.807, 2.05) is 0 Å². The molecule has 0 radical (unpaired) electrons. The molecule has 0 amide bonds. The first-order valence-corrected chi connectivity index (χ1v) is 8.09. The monoisotopic (exact) mass is 267 g/mol. The highest BCUT2D eigenvalue weighted by molar-refractivity contribution is 4.86. The molecule has 3 rings (SSSR count). The summed E-state index contributed by atoms with van der Waals surface area (Å²) in [5, 5.41) is 3.65. The van der Waals surface area contributed by atoms with Crippen LogP contribution < -0.4 is 5.32 Å². The van der Waals surface area contributed by atoms with Crippen molar-refractivity contribution >= 4 is 0 Å². The molecular weight excluding hydrogens is 238 g/mol. The normalized spacial score (nSPS) is 31.7. The summed E-state index contributed by atoms with van der Waals surface area (Å²) in [4.78, 5) is 5.30. The molecular formula is C15H29N3O. The van der Waals surface area contributed by atoms with Gasteiger partial charge in [-0.2, -0.15) is 0 Å². The van der Waals surface area contributed by atoms with Crippen molar-refractivity contribution in [3.8, 4) is 0 Å². The lowest BCUT2D eigenvalue weighted by Gasteiger charge is -2.32. The largest absolute Gasteiger partial charge is 0.379 e. The van der Waals surface area contributed by atoms with Crippen molar-refractivity contribution in [1.29, 1.82) is 0 Å².